The lowest BCUT2D eigenvalue weighted by molar-refractivity contribution is 0.579. The van der Waals surface area contributed by atoms with Crippen molar-refractivity contribution in [2.24, 2.45) is 4.99 Å². The van der Waals surface area contributed by atoms with E-state index in [0.29, 0.717) is 11.5 Å². The van der Waals surface area contributed by atoms with Gasteiger partial charge in [-0.15, -0.1) is 28.6 Å². The third-order valence-corrected chi connectivity index (χ3v) is 3.92. The molecule has 0 atom stereocenters. The lowest BCUT2D eigenvalue weighted by Gasteiger charge is -1.94. The summed E-state index contributed by atoms with van der Waals surface area (Å²) in [5.74, 6) is 0.0267. The minimum Gasteiger partial charge on any atom is -0.402 e. The van der Waals surface area contributed by atoms with Crippen LogP contribution in [-0.2, 0) is 0 Å². The molecule has 0 unspecified atom stereocenters. The van der Waals surface area contributed by atoms with Gasteiger partial charge in [0.05, 0.1) is 0 Å². The summed E-state index contributed by atoms with van der Waals surface area (Å²) in [6.07, 6.45) is 3.85. The molecule has 94 valence electrons. The van der Waals surface area contributed by atoms with Gasteiger partial charge in [-0.05, 0) is 36.8 Å². The minimum atomic E-state index is -0.302. The fourth-order valence-electron chi connectivity index (χ4n) is 1.22. The minimum absolute atomic E-state index is 0.202. The zero-order chi connectivity index (χ0) is 13.0. The summed E-state index contributed by atoms with van der Waals surface area (Å²) in [6, 6.07) is 6.06. The molecule has 0 amide bonds. The lowest BCUT2D eigenvalue weighted by Crippen LogP contribution is -1.80. The predicted molar refractivity (Wildman–Crippen MR) is 73.8 cm³/mol. The van der Waals surface area contributed by atoms with Gasteiger partial charge in [0.1, 0.15) is 10.2 Å². The Morgan fingerprint density at radius 2 is 1.83 bits per heavy atom. The van der Waals surface area contributed by atoms with Gasteiger partial charge in [-0.2, -0.15) is 4.99 Å². The molecule has 0 fully saturated rings. The number of hydrogen-bond acceptors (Lipinski definition) is 6. The molecule has 0 aliphatic rings. The molecule has 2 aromatic rings. The van der Waals surface area contributed by atoms with Crippen LogP contribution in [0.2, 0.25) is 0 Å². The number of benzene rings is 1. The molecule has 0 aliphatic carbocycles. The van der Waals surface area contributed by atoms with Gasteiger partial charge in [-0.25, -0.2) is 4.39 Å². The van der Waals surface area contributed by atoms with Gasteiger partial charge in [0.25, 0.3) is 0 Å². The number of hydrogen-bond donors (Lipinski definition) is 0. The maximum Gasteiger partial charge on any atom is 0.344 e. The average Bonchev–Trinajstić information content (AvgIpc) is 2.85. The van der Waals surface area contributed by atoms with Gasteiger partial charge in [-0.3, -0.25) is 0 Å². The number of nitrogens with zero attached hydrogens (tertiary/aromatic N) is 3. The normalized spacial score (nSPS) is 10.4. The molecule has 0 saturated carbocycles. The van der Waals surface area contributed by atoms with Crippen LogP contribution in [0.15, 0.2) is 33.7 Å². The third kappa shape index (κ3) is 3.11. The first-order valence-corrected chi connectivity index (χ1v) is 7.44. The Bertz CT molecular complexity index is 548. The van der Waals surface area contributed by atoms with E-state index in [1.807, 2.05) is 12.5 Å². The molecule has 0 spiro atoms. The molecule has 1 aromatic heterocycles. The van der Waals surface area contributed by atoms with E-state index in [1.54, 1.807) is 12.1 Å². The van der Waals surface area contributed by atoms with Crippen molar-refractivity contribution in [3.05, 3.63) is 30.1 Å². The Morgan fingerprint density at radius 1 is 1.17 bits per heavy atom. The molecule has 0 bridgehead atoms. The van der Waals surface area contributed by atoms with Crippen molar-refractivity contribution in [3.63, 3.8) is 0 Å². The van der Waals surface area contributed by atoms with Crippen molar-refractivity contribution in [1.29, 1.82) is 0 Å². The lowest BCUT2D eigenvalue weighted by atomic mass is 10.2. The largest absolute Gasteiger partial charge is 0.402 e. The molecule has 0 radical (unpaired) electrons. The van der Waals surface area contributed by atoms with Crippen LogP contribution >= 0.6 is 23.5 Å². The van der Waals surface area contributed by atoms with Crippen molar-refractivity contribution in [2.45, 2.75) is 0 Å². The highest BCUT2D eigenvalue weighted by Crippen LogP contribution is 2.23. The Labute approximate surface area is 112 Å². The highest BCUT2D eigenvalue weighted by Gasteiger charge is 2.08. The summed E-state index contributed by atoms with van der Waals surface area (Å²) in [6.45, 7) is 0. The molecular weight excluding hydrogens is 273 g/mol. The van der Waals surface area contributed by atoms with Gasteiger partial charge in [-0.1, -0.05) is 5.10 Å². The van der Waals surface area contributed by atoms with Crippen molar-refractivity contribution < 1.29 is 8.81 Å². The molecule has 18 heavy (non-hydrogen) atoms. The summed E-state index contributed by atoms with van der Waals surface area (Å²) in [7, 11) is 0. The van der Waals surface area contributed by atoms with E-state index in [9.17, 15) is 4.39 Å². The van der Waals surface area contributed by atoms with E-state index < -0.39 is 0 Å². The monoisotopic (exact) mass is 283 g/mol. The van der Waals surface area contributed by atoms with Crippen LogP contribution in [0.1, 0.15) is 0 Å². The highest BCUT2D eigenvalue weighted by atomic mass is 32.2. The Morgan fingerprint density at radius 3 is 2.44 bits per heavy atom. The number of halogens is 1. The summed E-state index contributed by atoms with van der Waals surface area (Å²) in [4.78, 5) is 4.19. The molecular formula is C11H10FN3OS2. The van der Waals surface area contributed by atoms with Crippen molar-refractivity contribution >= 4 is 33.9 Å². The molecule has 0 aliphatic heterocycles. The van der Waals surface area contributed by atoms with Gasteiger partial charge in [0, 0.05) is 5.56 Å². The Balaban J connectivity index is 2.25. The molecule has 1 aromatic carbocycles. The second kappa shape index (κ2) is 6.01. The van der Waals surface area contributed by atoms with Crippen LogP contribution in [0.5, 0.6) is 0 Å². The summed E-state index contributed by atoms with van der Waals surface area (Å²) < 4.78 is 19.0. The van der Waals surface area contributed by atoms with Crippen LogP contribution in [0, 0.1) is 5.82 Å². The number of aliphatic imine (C=N–C) groups is 1. The predicted octanol–water partition coefficient (Wildman–Crippen LogP) is 3.59. The number of aromatic nitrogens is 2. The quantitative estimate of drug-likeness (QED) is 0.622. The van der Waals surface area contributed by atoms with Crippen LogP contribution in [0.3, 0.4) is 0 Å². The maximum atomic E-state index is 12.8. The Hall–Kier alpha value is -1.34. The van der Waals surface area contributed by atoms with Gasteiger partial charge < -0.3 is 4.42 Å². The smallest absolute Gasteiger partial charge is 0.344 e. The molecule has 0 N–H and O–H groups in total. The van der Waals surface area contributed by atoms with Gasteiger partial charge in [0.2, 0.25) is 5.89 Å². The van der Waals surface area contributed by atoms with Crippen LogP contribution in [-0.4, -0.2) is 27.1 Å². The second-order valence-corrected chi connectivity index (χ2v) is 5.03. The van der Waals surface area contributed by atoms with Crippen molar-refractivity contribution in [2.75, 3.05) is 12.5 Å². The van der Waals surface area contributed by atoms with E-state index in [2.05, 4.69) is 15.2 Å². The van der Waals surface area contributed by atoms with E-state index in [1.165, 1.54) is 35.7 Å². The topological polar surface area (TPSA) is 51.3 Å². The molecule has 0 saturated heterocycles. The maximum absolute atomic E-state index is 12.8. The molecule has 7 heteroatoms. The summed E-state index contributed by atoms with van der Waals surface area (Å²) in [5.41, 5.74) is 0.667. The highest BCUT2D eigenvalue weighted by molar-refractivity contribution is 8.38. The van der Waals surface area contributed by atoms with Gasteiger partial charge in [0.15, 0.2) is 0 Å². The third-order valence-electron chi connectivity index (χ3n) is 2.04. The fraction of sp³-hybridized carbons (Fsp3) is 0.182. The van der Waals surface area contributed by atoms with Crippen molar-refractivity contribution in [3.8, 4) is 11.5 Å². The molecule has 4 nitrogen and oxygen atoms in total. The summed E-state index contributed by atoms with van der Waals surface area (Å²) >= 11 is 3.01. The van der Waals surface area contributed by atoms with Gasteiger partial charge >= 0.3 is 6.01 Å². The van der Waals surface area contributed by atoms with E-state index in [-0.39, 0.29) is 11.8 Å². The van der Waals surface area contributed by atoms with E-state index in [4.69, 9.17) is 4.42 Å². The first-order chi connectivity index (χ1) is 8.72. The number of thioether (sulfide) groups is 2. The van der Waals surface area contributed by atoms with Crippen LogP contribution in [0.25, 0.3) is 11.5 Å². The fourth-order valence-corrected chi connectivity index (χ4v) is 2.23. The SMILES string of the molecule is CSC(=Nc1nnc(-c2ccc(F)cc2)o1)SC. The zero-order valence-corrected chi connectivity index (χ0v) is 11.4. The van der Waals surface area contributed by atoms with E-state index >= 15 is 0 Å². The molecule has 2 rings (SSSR count). The number of rotatable bonds is 2. The zero-order valence-electron chi connectivity index (χ0n) is 9.75. The first-order valence-electron chi connectivity index (χ1n) is 4.99. The Kier molecular flexibility index (Phi) is 4.38. The van der Waals surface area contributed by atoms with Crippen LogP contribution in [0.4, 0.5) is 10.4 Å². The molecule has 1 heterocycles. The summed E-state index contributed by atoms with van der Waals surface area (Å²) in [5, 5.41) is 7.70. The average molecular weight is 283 g/mol. The van der Waals surface area contributed by atoms with Crippen molar-refractivity contribution in [1.82, 2.24) is 10.2 Å². The van der Waals surface area contributed by atoms with Crippen LogP contribution < -0.4 is 0 Å². The van der Waals surface area contributed by atoms with E-state index in [0.717, 1.165) is 4.38 Å². The second-order valence-electron chi connectivity index (χ2n) is 3.18. The first kappa shape index (κ1) is 13.1. The standard InChI is InChI=1S/C11H10FN3OS2/c1-17-11(18-2)13-10-15-14-9(16-10)7-3-5-8(12)6-4-7/h3-6H,1-2H3.